The van der Waals surface area contributed by atoms with Crippen molar-refractivity contribution in [2.75, 3.05) is 24.5 Å². The Morgan fingerprint density at radius 1 is 0.947 bits per heavy atom. The number of amides is 2. The second-order valence-corrected chi connectivity index (χ2v) is 10.9. The monoisotopic (exact) mass is 537 g/mol. The topological polar surface area (TPSA) is 96.0 Å². The van der Waals surface area contributed by atoms with Crippen LogP contribution in [-0.2, 0) is 26.2 Å². The molecule has 0 aliphatic heterocycles. The van der Waals surface area contributed by atoms with Crippen molar-refractivity contribution in [3.05, 3.63) is 90.0 Å². The summed E-state index contributed by atoms with van der Waals surface area (Å²) in [5.74, 6) is -0.273. The lowest BCUT2D eigenvalue weighted by Gasteiger charge is -2.32. The highest BCUT2D eigenvalue weighted by molar-refractivity contribution is 7.92. The Morgan fingerprint density at radius 2 is 1.58 bits per heavy atom. The molecule has 202 valence electrons. The van der Waals surface area contributed by atoms with E-state index in [0.29, 0.717) is 18.0 Å². The molecule has 1 atom stereocenters. The first-order valence-electron chi connectivity index (χ1n) is 12.5. The van der Waals surface area contributed by atoms with Crippen molar-refractivity contribution in [2.45, 2.75) is 44.7 Å². The molecule has 0 spiro atoms. The van der Waals surface area contributed by atoms with Gasteiger partial charge in [0, 0.05) is 13.1 Å². The van der Waals surface area contributed by atoms with Crippen LogP contribution in [0.1, 0.15) is 31.4 Å². The Kier molecular flexibility index (Phi) is 9.90. The van der Waals surface area contributed by atoms with E-state index in [2.05, 4.69) is 5.32 Å². The van der Waals surface area contributed by atoms with Gasteiger partial charge in [-0.1, -0.05) is 55.0 Å². The third-order valence-electron chi connectivity index (χ3n) is 6.16. The van der Waals surface area contributed by atoms with E-state index in [1.165, 1.54) is 24.1 Å². The number of aryl methyl sites for hydroxylation is 1. The maximum Gasteiger partial charge on any atom is 0.264 e. The molecule has 9 heteroatoms. The molecule has 0 fully saturated rings. The van der Waals surface area contributed by atoms with Gasteiger partial charge < -0.3 is 15.0 Å². The summed E-state index contributed by atoms with van der Waals surface area (Å²) in [6.45, 7) is 5.73. The van der Waals surface area contributed by atoms with E-state index in [0.717, 1.165) is 21.9 Å². The number of methoxy groups -OCH3 is 1. The van der Waals surface area contributed by atoms with E-state index in [4.69, 9.17) is 4.74 Å². The molecular formula is C29H35N3O5S. The van der Waals surface area contributed by atoms with Crippen LogP contribution in [-0.4, -0.2) is 51.4 Å². The number of nitrogens with zero attached hydrogens (tertiary/aromatic N) is 2. The van der Waals surface area contributed by atoms with Crippen LogP contribution in [0.5, 0.6) is 5.75 Å². The second kappa shape index (κ2) is 13.1. The summed E-state index contributed by atoms with van der Waals surface area (Å²) in [6.07, 6.45) is 0.756. The van der Waals surface area contributed by atoms with Crippen LogP contribution in [0.4, 0.5) is 5.69 Å². The first-order valence-corrected chi connectivity index (χ1v) is 14.0. The zero-order valence-electron chi connectivity index (χ0n) is 22.3. The van der Waals surface area contributed by atoms with Crippen LogP contribution in [0.3, 0.4) is 0 Å². The van der Waals surface area contributed by atoms with E-state index in [-0.39, 0.29) is 17.3 Å². The van der Waals surface area contributed by atoms with E-state index in [9.17, 15) is 18.0 Å². The number of anilines is 1. The molecule has 3 rings (SSSR count). The molecule has 0 aliphatic carbocycles. The second-order valence-electron chi connectivity index (χ2n) is 9.00. The Morgan fingerprint density at radius 3 is 2.16 bits per heavy atom. The van der Waals surface area contributed by atoms with E-state index in [1.807, 2.05) is 38.1 Å². The van der Waals surface area contributed by atoms with Crippen molar-refractivity contribution >= 4 is 27.5 Å². The number of hydrogen-bond donors (Lipinski definition) is 1. The molecule has 0 aliphatic rings. The highest BCUT2D eigenvalue weighted by Crippen LogP contribution is 2.25. The molecule has 38 heavy (non-hydrogen) atoms. The third kappa shape index (κ3) is 7.13. The van der Waals surface area contributed by atoms with Crippen molar-refractivity contribution in [3.63, 3.8) is 0 Å². The van der Waals surface area contributed by atoms with Crippen molar-refractivity contribution in [2.24, 2.45) is 0 Å². The van der Waals surface area contributed by atoms with Crippen LogP contribution >= 0.6 is 0 Å². The van der Waals surface area contributed by atoms with Crippen LogP contribution in [0, 0.1) is 6.92 Å². The Balaban J connectivity index is 1.98. The summed E-state index contributed by atoms with van der Waals surface area (Å²) < 4.78 is 33.8. The van der Waals surface area contributed by atoms with Gasteiger partial charge in [0.25, 0.3) is 10.0 Å². The van der Waals surface area contributed by atoms with Gasteiger partial charge in [0.1, 0.15) is 18.3 Å². The highest BCUT2D eigenvalue weighted by atomic mass is 32.2. The zero-order chi connectivity index (χ0) is 27.7. The predicted octanol–water partition coefficient (Wildman–Crippen LogP) is 4.14. The van der Waals surface area contributed by atoms with Gasteiger partial charge in [-0.15, -0.1) is 0 Å². The van der Waals surface area contributed by atoms with Gasteiger partial charge in [0.05, 0.1) is 17.7 Å². The first kappa shape index (κ1) is 28.7. The number of nitrogens with one attached hydrogen (secondary N) is 1. The quantitative estimate of drug-likeness (QED) is 0.375. The third-order valence-corrected chi connectivity index (χ3v) is 7.95. The number of para-hydroxylation sites is 1. The molecule has 0 radical (unpaired) electrons. The summed E-state index contributed by atoms with van der Waals surface area (Å²) in [7, 11) is -2.62. The lowest BCUT2D eigenvalue weighted by molar-refractivity contribution is -0.139. The van der Waals surface area contributed by atoms with Crippen molar-refractivity contribution in [3.8, 4) is 5.75 Å². The maximum atomic E-state index is 13.8. The molecule has 0 saturated carbocycles. The maximum absolute atomic E-state index is 13.8. The van der Waals surface area contributed by atoms with Gasteiger partial charge in [0.15, 0.2) is 0 Å². The normalized spacial score (nSPS) is 11.9. The number of benzene rings is 3. The zero-order valence-corrected chi connectivity index (χ0v) is 23.1. The molecule has 8 nitrogen and oxygen atoms in total. The van der Waals surface area contributed by atoms with Gasteiger partial charge in [-0.3, -0.25) is 13.9 Å². The highest BCUT2D eigenvalue weighted by Gasteiger charge is 2.32. The standard InChI is InChI=1S/C29H35N3O5S/c1-5-19-30-29(34)23(3)31(20-24-13-11-22(2)12-14-24)28(33)21-32(25-9-7-6-8-10-25)38(35,36)27-17-15-26(37-4)16-18-27/h6-18,23H,5,19-21H2,1-4H3,(H,30,34)/t23-/m0/s1. The fourth-order valence-corrected chi connectivity index (χ4v) is 5.28. The molecule has 3 aromatic carbocycles. The fraction of sp³-hybridized carbons (Fsp3) is 0.310. The molecular weight excluding hydrogens is 502 g/mol. The number of hydrogen-bond acceptors (Lipinski definition) is 5. The number of sulfonamides is 1. The summed E-state index contributed by atoms with van der Waals surface area (Å²) >= 11 is 0. The average Bonchev–Trinajstić information content (AvgIpc) is 2.94. The average molecular weight is 538 g/mol. The smallest absolute Gasteiger partial charge is 0.264 e. The van der Waals surface area contributed by atoms with Gasteiger partial charge in [-0.25, -0.2) is 8.42 Å². The lowest BCUT2D eigenvalue weighted by Crippen LogP contribution is -2.51. The van der Waals surface area contributed by atoms with E-state index < -0.39 is 28.5 Å². The summed E-state index contributed by atoms with van der Waals surface area (Å²) in [5, 5.41) is 2.84. The molecule has 0 bridgehead atoms. The van der Waals surface area contributed by atoms with Gasteiger partial charge in [0.2, 0.25) is 11.8 Å². The largest absolute Gasteiger partial charge is 0.497 e. The van der Waals surface area contributed by atoms with E-state index >= 15 is 0 Å². The van der Waals surface area contributed by atoms with Crippen LogP contribution in [0.25, 0.3) is 0 Å². The summed E-state index contributed by atoms with van der Waals surface area (Å²) in [5.41, 5.74) is 2.25. The SMILES string of the molecule is CCCNC(=O)[C@H](C)N(Cc1ccc(C)cc1)C(=O)CN(c1ccccc1)S(=O)(=O)c1ccc(OC)cc1. The first-order chi connectivity index (χ1) is 18.2. The molecule has 0 unspecified atom stereocenters. The van der Waals surface area contributed by atoms with Crippen molar-refractivity contribution in [1.82, 2.24) is 10.2 Å². The summed E-state index contributed by atoms with van der Waals surface area (Å²) in [6, 6.07) is 21.3. The molecule has 0 aromatic heterocycles. The van der Waals surface area contributed by atoms with Gasteiger partial charge >= 0.3 is 0 Å². The van der Waals surface area contributed by atoms with Gasteiger partial charge in [-0.05, 0) is 62.2 Å². The minimum Gasteiger partial charge on any atom is -0.497 e. The van der Waals surface area contributed by atoms with Crippen LogP contribution in [0.15, 0.2) is 83.8 Å². The molecule has 1 N–H and O–H groups in total. The number of carbonyl (C=O) groups excluding carboxylic acids is 2. The Bertz CT molecular complexity index is 1310. The summed E-state index contributed by atoms with van der Waals surface area (Å²) in [4.78, 5) is 28.1. The number of rotatable bonds is 12. The predicted molar refractivity (Wildman–Crippen MR) is 148 cm³/mol. The number of ether oxygens (including phenoxy) is 1. The fourth-order valence-electron chi connectivity index (χ4n) is 3.87. The number of carbonyl (C=O) groups is 2. The Labute approximate surface area is 225 Å². The van der Waals surface area contributed by atoms with Crippen molar-refractivity contribution in [1.29, 1.82) is 0 Å². The Hall–Kier alpha value is -3.85. The van der Waals surface area contributed by atoms with Gasteiger partial charge in [-0.2, -0.15) is 0 Å². The molecule has 2 amide bonds. The molecule has 3 aromatic rings. The molecule has 0 saturated heterocycles. The molecule has 0 heterocycles. The lowest BCUT2D eigenvalue weighted by atomic mass is 10.1. The minimum atomic E-state index is -4.12. The van der Waals surface area contributed by atoms with Crippen LogP contribution in [0.2, 0.25) is 0 Å². The van der Waals surface area contributed by atoms with E-state index in [1.54, 1.807) is 49.4 Å². The van der Waals surface area contributed by atoms with Crippen molar-refractivity contribution < 1.29 is 22.7 Å². The minimum absolute atomic E-state index is 0.0220. The van der Waals surface area contributed by atoms with Crippen LogP contribution < -0.4 is 14.4 Å².